The van der Waals surface area contributed by atoms with Crippen LogP contribution in [-0.2, 0) is 12.0 Å². The number of nitrogens with one attached hydrogen (secondary N) is 1. The fraction of sp³-hybridized carbons (Fsp3) is 0.786. The number of nitrogens with zero attached hydrogens (tertiary/aromatic N) is 2. The smallest absolute Gasteiger partial charge is 0.114 e. The summed E-state index contributed by atoms with van der Waals surface area (Å²) in [6.45, 7) is 12.2. The SMILES string of the molecule is CCCNCCC(C)(C)c1nccn1CCC. The molecule has 0 fully saturated rings. The molecule has 0 saturated heterocycles. The Kier molecular flexibility index (Phi) is 5.69. The minimum absolute atomic E-state index is 0.152. The highest BCUT2D eigenvalue weighted by Gasteiger charge is 2.24. The van der Waals surface area contributed by atoms with Gasteiger partial charge in [-0.25, -0.2) is 4.98 Å². The molecule has 1 aromatic rings. The first kappa shape index (κ1) is 14.2. The van der Waals surface area contributed by atoms with E-state index in [0.29, 0.717) is 0 Å². The molecule has 0 saturated carbocycles. The van der Waals surface area contributed by atoms with Crippen LogP contribution in [0.25, 0.3) is 0 Å². The molecule has 0 aliphatic carbocycles. The Morgan fingerprint density at radius 2 is 2.00 bits per heavy atom. The lowest BCUT2D eigenvalue weighted by atomic mass is 9.88. The summed E-state index contributed by atoms with van der Waals surface area (Å²) in [5.41, 5.74) is 0.152. The maximum atomic E-state index is 4.54. The number of hydrogen-bond acceptors (Lipinski definition) is 2. The number of aromatic nitrogens is 2. The molecule has 1 aromatic heterocycles. The van der Waals surface area contributed by atoms with Crippen LogP contribution in [0, 0.1) is 0 Å². The normalized spacial score (nSPS) is 12.0. The molecular formula is C14H27N3. The van der Waals surface area contributed by atoms with E-state index in [1.807, 2.05) is 6.20 Å². The first-order valence-electron chi connectivity index (χ1n) is 6.84. The molecule has 0 unspecified atom stereocenters. The van der Waals surface area contributed by atoms with E-state index in [2.05, 4.69) is 48.8 Å². The zero-order valence-corrected chi connectivity index (χ0v) is 11.8. The fourth-order valence-electron chi connectivity index (χ4n) is 2.13. The predicted molar refractivity (Wildman–Crippen MR) is 73.3 cm³/mol. The van der Waals surface area contributed by atoms with Crippen molar-refractivity contribution < 1.29 is 0 Å². The van der Waals surface area contributed by atoms with Gasteiger partial charge in [0, 0.05) is 24.4 Å². The van der Waals surface area contributed by atoms with Crippen molar-refractivity contribution in [3.8, 4) is 0 Å². The summed E-state index contributed by atoms with van der Waals surface area (Å²) in [4.78, 5) is 4.54. The van der Waals surface area contributed by atoms with Gasteiger partial charge in [0.15, 0.2) is 0 Å². The van der Waals surface area contributed by atoms with Gasteiger partial charge in [0.2, 0.25) is 0 Å². The van der Waals surface area contributed by atoms with Crippen LogP contribution >= 0.6 is 0 Å². The molecule has 0 atom stereocenters. The van der Waals surface area contributed by atoms with E-state index in [1.54, 1.807) is 0 Å². The molecule has 1 N–H and O–H groups in total. The van der Waals surface area contributed by atoms with Crippen molar-refractivity contribution in [2.75, 3.05) is 13.1 Å². The Balaban J connectivity index is 2.58. The zero-order valence-electron chi connectivity index (χ0n) is 11.8. The van der Waals surface area contributed by atoms with Crippen LogP contribution in [0.3, 0.4) is 0 Å². The topological polar surface area (TPSA) is 29.9 Å². The molecule has 1 heterocycles. The molecule has 1 rings (SSSR count). The summed E-state index contributed by atoms with van der Waals surface area (Å²) in [5.74, 6) is 1.22. The van der Waals surface area contributed by atoms with E-state index >= 15 is 0 Å². The van der Waals surface area contributed by atoms with E-state index < -0.39 is 0 Å². The summed E-state index contributed by atoms with van der Waals surface area (Å²) in [6, 6.07) is 0. The summed E-state index contributed by atoms with van der Waals surface area (Å²) in [6.07, 6.45) is 7.51. The van der Waals surface area contributed by atoms with Crippen molar-refractivity contribution in [1.29, 1.82) is 0 Å². The zero-order chi connectivity index (χ0) is 12.7. The third kappa shape index (κ3) is 4.15. The third-order valence-electron chi connectivity index (χ3n) is 3.14. The maximum absolute atomic E-state index is 4.54. The second kappa shape index (κ2) is 6.80. The van der Waals surface area contributed by atoms with Crippen molar-refractivity contribution in [2.24, 2.45) is 0 Å². The summed E-state index contributed by atoms with van der Waals surface area (Å²) < 4.78 is 2.29. The van der Waals surface area contributed by atoms with E-state index in [0.717, 1.165) is 32.5 Å². The molecule has 0 aliphatic rings. The predicted octanol–water partition coefficient (Wildman–Crippen LogP) is 2.96. The second-order valence-electron chi connectivity index (χ2n) is 5.33. The second-order valence-corrected chi connectivity index (χ2v) is 5.33. The number of imidazole rings is 1. The van der Waals surface area contributed by atoms with Crippen molar-refractivity contribution >= 4 is 0 Å². The molecule has 3 nitrogen and oxygen atoms in total. The third-order valence-corrected chi connectivity index (χ3v) is 3.14. The van der Waals surface area contributed by atoms with Crippen molar-refractivity contribution in [1.82, 2.24) is 14.9 Å². The van der Waals surface area contributed by atoms with Gasteiger partial charge in [-0.05, 0) is 32.4 Å². The lowest BCUT2D eigenvalue weighted by Crippen LogP contribution is -2.28. The Morgan fingerprint density at radius 1 is 1.24 bits per heavy atom. The van der Waals surface area contributed by atoms with Crippen molar-refractivity contribution in [3.05, 3.63) is 18.2 Å². The highest BCUT2D eigenvalue weighted by atomic mass is 15.1. The molecule has 0 aliphatic heterocycles. The van der Waals surface area contributed by atoms with E-state index in [9.17, 15) is 0 Å². The Bertz CT molecular complexity index is 315. The van der Waals surface area contributed by atoms with Crippen LogP contribution in [0.15, 0.2) is 12.4 Å². The Labute approximate surface area is 106 Å². The van der Waals surface area contributed by atoms with Gasteiger partial charge in [0.25, 0.3) is 0 Å². The molecule has 3 heteroatoms. The van der Waals surface area contributed by atoms with Gasteiger partial charge in [-0.3, -0.25) is 0 Å². The molecule has 98 valence electrons. The van der Waals surface area contributed by atoms with Crippen molar-refractivity contribution in [3.63, 3.8) is 0 Å². The van der Waals surface area contributed by atoms with E-state index in [4.69, 9.17) is 0 Å². The average Bonchev–Trinajstić information content (AvgIpc) is 2.74. The standard InChI is InChI=1S/C14H27N3/c1-5-8-15-9-7-14(3,4)13-16-10-12-17(13)11-6-2/h10,12,15H,5-9,11H2,1-4H3. The van der Waals surface area contributed by atoms with Crippen LogP contribution < -0.4 is 5.32 Å². The van der Waals surface area contributed by atoms with Gasteiger partial charge in [-0.15, -0.1) is 0 Å². The molecule has 0 amide bonds. The van der Waals surface area contributed by atoms with Gasteiger partial charge in [0.05, 0.1) is 0 Å². The van der Waals surface area contributed by atoms with Gasteiger partial charge in [-0.2, -0.15) is 0 Å². The highest BCUT2D eigenvalue weighted by Crippen LogP contribution is 2.25. The first-order valence-corrected chi connectivity index (χ1v) is 6.84. The lowest BCUT2D eigenvalue weighted by Gasteiger charge is -2.25. The number of aryl methyl sites for hydroxylation is 1. The average molecular weight is 237 g/mol. The quantitative estimate of drug-likeness (QED) is 0.704. The first-order chi connectivity index (χ1) is 8.11. The largest absolute Gasteiger partial charge is 0.335 e. The molecule has 0 bridgehead atoms. The number of hydrogen-bond donors (Lipinski definition) is 1. The summed E-state index contributed by atoms with van der Waals surface area (Å²) in [7, 11) is 0. The summed E-state index contributed by atoms with van der Waals surface area (Å²) in [5, 5.41) is 3.47. The van der Waals surface area contributed by atoms with Crippen LogP contribution in [0.1, 0.15) is 52.8 Å². The van der Waals surface area contributed by atoms with Gasteiger partial charge < -0.3 is 9.88 Å². The number of rotatable bonds is 8. The molecule has 0 radical (unpaired) electrons. The maximum Gasteiger partial charge on any atom is 0.114 e. The van der Waals surface area contributed by atoms with Crippen LogP contribution in [0.2, 0.25) is 0 Å². The molecule has 0 aromatic carbocycles. The monoisotopic (exact) mass is 237 g/mol. The molecule has 17 heavy (non-hydrogen) atoms. The highest BCUT2D eigenvalue weighted by molar-refractivity contribution is 5.07. The van der Waals surface area contributed by atoms with E-state index in [-0.39, 0.29) is 5.41 Å². The van der Waals surface area contributed by atoms with Crippen LogP contribution in [-0.4, -0.2) is 22.6 Å². The van der Waals surface area contributed by atoms with Gasteiger partial charge in [0.1, 0.15) is 5.82 Å². The fourth-order valence-corrected chi connectivity index (χ4v) is 2.13. The van der Waals surface area contributed by atoms with Crippen LogP contribution in [0.4, 0.5) is 0 Å². The Hall–Kier alpha value is -0.830. The minimum Gasteiger partial charge on any atom is -0.335 e. The minimum atomic E-state index is 0.152. The summed E-state index contributed by atoms with van der Waals surface area (Å²) >= 11 is 0. The molecular weight excluding hydrogens is 210 g/mol. The Morgan fingerprint density at radius 3 is 2.65 bits per heavy atom. The molecule has 0 spiro atoms. The van der Waals surface area contributed by atoms with Crippen molar-refractivity contribution in [2.45, 2.75) is 58.9 Å². The lowest BCUT2D eigenvalue weighted by molar-refractivity contribution is 0.411. The van der Waals surface area contributed by atoms with Crippen LogP contribution in [0.5, 0.6) is 0 Å². The van der Waals surface area contributed by atoms with Gasteiger partial charge >= 0.3 is 0 Å². The van der Waals surface area contributed by atoms with Gasteiger partial charge in [-0.1, -0.05) is 27.7 Å². The van der Waals surface area contributed by atoms with E-state index in [1.165, 1.54) is 12.2 Å².